The molecule has 5 nitrogen and oxygen atoms in total. The number of pyridine rings is 1. The van der Waals surface area contributed by atoms with Gasteiger partial charge in [0.2, 0.25) is 0 Å². The fourth-order valence-electron chi connectivity index (χ4n) is 2.40. The largest absolute Gasteiger partial charge is 0.462 e. The molecule has 2 rings (SSSR count). The Labute approximate surface area is 113 Å². The van der Waals surface area contributed by atoms with Crippen molar-refractivity contribution in [1.82, 2.24) is 4.98 Å². The van der Waals surface area contributed by atoms with Crippen LogP contribution in [0.2, 0.25) is 0 Å². The van der Waals surface area contributed by atoms with E-state index >= 15 is 0 Å². The van der Waals surface area contributed by atoms with Crippen molar-refractivity contribution >= 4 is 11.8 Å². The maximum Gasteiger partial charge on any atom is 0.341 e. The molecule has 5 heteroatoms. The summed E-state index contributed by atoms with van der Waals surface area (Å²) in [5.41, 5.74) is 0.442. The van der Waals surface area contributed by atoms with Gasteiger partial charge in [-0.3, -0.25) is 0 Å². The number of hydrogen-bond donors (Lipinski definition) is 2. The predicted molar refractivity (Wildman–Crippen MR) is 72.0 cm³/mol. The Kier molecular flexibility index (Phi) is 4.74. The molecule has 1 fully saturated rings. The molecule has 1 saturated carbocycles. The van der Waals surface area contributed by atoms with Crippen LogP contribution in [-0.2, 0) is 4.74 Å². The number of aliphatic hydroxyl groups excluding tert-OH is 1. The van der Waals surface area contributed by atoms with Crippen LogP contribution in [-0.4, -0.2) is 35.3 Å². The Bertz CT molecular complexity index is 436. The Morgan fingerprint density at radius 2 is 2.42 bits per heavy atom. The molecule has 104 valence electrons. The molecule has 0 aromatic carbocycles. The van der Waals surface area contributed by atoms with Gasteiger partial charge in [0, 0.05) is 18.7 Å². The van der Waals surface area contributed by atoms with Gasteiger partial charge < -0.3 is 15.2 Å². The SMILES string of the molecule is CCOC(=O)c1cccnc1NCC1CCCC1O. The molecule has 0 radical (unpaired) electrons. The second-order valence-corrected chi connectivity index (χ2v) is 4.76. The molecule has 19 heavy (non-hydrogen) atoms. The lowest BCUT2D eigenvalue weighted by molar-refractivity contribution is 0.0527. The average Bonchev–Trinajstić information content (AvgIpc) is 2.82. The number of rotatable bonds is 5. The maximum atomic E-state index is 11.8. The number of anilines is 1. The van der Waals surface area contributed by atoms with E-state index in [2.05, 4.69) is 10.3 Å². The van der Waals surface area contributed by atoms with Crippen LogP contribution in [0.1, 0.15) is 36.5 Å². The Balaban J connectivity index is 2.01. The molecular weight excluding hydrogens is 244 g/mol. The fraction of sp³-hybridized carbons (Fsp3) is 0.571. The smallest absolute Gasteiger partial charge is 0.341 e. The van der Waals surface area contributed by atoms with Gasteiger partial charge in [0.05, 0.1) is 12.7 Å². The van der Waals surface area contributed by atoms with Crippen LogP contribution in [0.15, 0.2) is 18.3 Å². The van der Waals surface area contributed by atoms with Crippen molar-refractivity contribution in [2.75, 3.05) is 18.5 Å². The van der Waals surface area contributed by atoms with E-state index in [1.807, 2.05) is 0 Å². The summed E-state index contributed by atoms with van der Waals surface area (Å²) in [6.07, 6.45) is 4.31. The number of carbonyl (C=O) groups is 1. The third-order valence-electron chi connectivity index (χ3n) is 3.45. The highest BCUT2D eigenvalue weighted by atomic mass is 16.5. The third kappa shape index (κ3) is 3.44. The number of carbonyl (C=O) groups excluding carboxylic acids is 1. The number of ether oxygens (including phenoxy) is 1. The zero-order valence-corrected chi connectivity index (χ0v) is 11.1. The zero-order chi connectivity index (χ0) is 13.7. The molecule has 0 spiro atoms. The molecule has 1 aliphatic rings. The Hall–Kier alpha value is -1.62. The molecule has 2 atom stereocenters. The minimum Gasteiger partial charge on any atom is -0.462 e. The summed E-state index contributed by atoms with van der Waals surface area (Å²) in [5, 5.41) is 12.9. The van der Waals surface area contributed by atoms with Crippen molar-refractivity contribution in [2.24, 2.45) is 5.92 Å². The number of esters is 1. The number of hydrogen-bond acceptors (Lipinski definition) is 5. The normalized spacial score (nSPS) is 22.2. The third-order valence-corrected chi connectivity index (χ3v) is 3.45. The van der Waals surface area contributed by atoms with Crippen molar-refractivity contribution in [1.29, 1.82) is 0 Å². The quantitative estimate of drug-likeness (QED) is 0.794. The average molecular weight is 264 g/mol. The van der Waals surface area contributed by atoms with Crippen molar-refractivity contribution in [3.05, 3.63) is 23.9 Å². The summed E-state index contributed by atoms with van der Waals surface area (Å²) in [6, 6.07) is 3.40. The highest BCUT2D eigenvalue weighted by Crippen LogP contribution is 2.26. The van der Waals surface area contributed by atoms with Gasteiger partial charge in [-0.2, -0.15) is 0 Å². The summed E-state index contributed by atoms with van der Waals surface area (Å²) in [6.45, 7) is 2.75. The van der Waals surface area contributed by atoms with Gasteiger partial charge >= 0.3 is 5.97 Å². The molecule has 0 bridgehead atoms. The second-order valence-electron chi connectivity index (χ2n) is 4.76. The number of nitrogens with zero attached hydrogens (tertiary/aromatic N) is 1. The van der Waals surface area contributed by atoms with E-state index in [9.17, 15) is 9.90 Å². The van der Waals surface area contributed by atoms with Gasteiger partial charge in [-0.05, 0) is 31.9 Å². The number of nitrogens with one attached hydrogen (secondary N) is 1. The molecule has 1 aromatic heterocycles. The van der Waals surface area contributed by atoms with Crippen molar-refractivity contribution < 1.29 is 14.6 Å². The first-order valence-corrected chi connectivity index (χ1v) is 6.76. The molecule has 1 heterocycles. The predicted octanol–water partition coefficient (Wildman–Crippen LogP) is 1.83. The van der Waals surface area contributed by atoms with Crippen LogP contribution in [0, 0.1) is 5.92 Å². The molecule has 0 saturated heterocycles. The zero-order valence-electron chi connectivity index (χ0n) is 11.1. The summed E-state index contributed by atoms with van der Waals surface area (Å²) in [7, 11) is 0. The lowest BCUT2D eigenvalue weighted by Crippen LogP contribution is -2.23. The lowest BCUT2D eigenvalue weighted by Gasteiger charge is -2.16. The Morgan fingerprint density at radius 1 is 1.58 bits per heavy atom. The molecule has 2 N–H and O–H groups in total. The summed E-state index contributed by atoms with van der Waals surface area (Å²) in [4.78, 5) is 15.9. The van der Waals surface area contributed by atoms with Crippen LogP contribution in [0.3, 0.4) is 0 Å². The second kappa shape index (κ2) is 6.52. The topological polar surface area (TPSA) is 71.5 Å². The molecule has 1 aromatic rings. The molecule has 1 aliphatic carbocycles. The van der Waals surface area contributed by atoms with E-state index in [1.54, 1.807) is 25.3 Å². The summed E-state index contributed by atoms with van der Waals surface area (Å²) in [5.74, 6) is 0.391. The first-order valence-electron chi connectivity index (χ1n) is 6.76. The minimum atomic E-state index is -0.370. The monoisotopic (exact) mass is 264 g/mol. The standard InChI is InChI=1S/C14H20N2O3/c1-2-19-14(18)11-6-4-8-15-13(11)16-9-10-5-3-7-12(10)17/h4,6,8,10,12,17H,2-3,5,7,9H2,1H3,(H,15,16). The number of aromatic nitrogens is 1. The van der Waals surface area contributed by atoms with Crippen LogP contribution < -0.4 is 5.32 Å². The van der Waals surface area contributed by atoms with Crippen molar-refractivity contribution in [2.45, 2.75) is 32.3 Å². The van der Waals surface area contributed by atoms with E-state index in [1.165, 1.54) is 0 Å². The van der Waals surface area contributed by atoms with E-state index in [0.29, 0.717) is 24.5 Å². The van der Waals surface area contributed by atoms with E-state index in [0.717, 1.165) is 19.3 Å². The molecular formula is C14H20N2O3. The fourth-order valence-corrected chi connectivity index (χ4v) is 2.40. The van der Waals surface area contributed by atoms with Crippen LogP contribution >= 0.6 is 0 Å². The van der Waals surface area contributed by atoms with E-state index in [4.69, 9.17) is 4.74 Å². The van der Waals surface area contributed by atoms with E-state index in [-0.39, 0.29) is 18.0 Å². The molecule has 2 unspecified atom stereocenters. The van der Waals surface area contributed by atoms with E-state index < -0.39 is 0 Å². The van der Waals surface area contributed by atoms with Gasteiger partial charge in [0.25, 0.3) is 0 Å². The summed E-state index contributed by atoms with van der Waals surface area (Å²) < 4.78 is 4.99. The van der Waals surface area contributed by atoms with Crippen LogP contribution in [0.5, 0.6) is 0 Å². The van der Waals surface area contributed by atoms with Crippen molar-refractivity contribution in [3.8, 4) is 0 Å². The highest BCUT2D eigenvalue weighted by Gasteiger charge is 2.25. The minimum absolute atomic E-state index is 0.233. The molecule has 0 aliphatic heterocycles. The summed E-state index contributed by atoms with van der Waals surface area (Å²) >= 11 is 0. The van der Waals surface area contributed by atoms with Gasteiger partial charge in [-0.25, -0.2) is 9.78 Å². The van der Waals surface area contributed by atoms with Gasteiger partial charge in [-0.1, -0.05) is 6.42 Å². The first kappa shape index (κ1) is 13.8. The molecule has 0 amide bonds. The van der Waals surface area contributed by atoms with Crippen LogP contribution in [0.4, 0.5) is 5.82 Å². The van der Waals surface area contributed by atoms with Gasteiger partial charge in [0.1, 0.15) is 11.4 Å². The Morgan fingerprint density at radius 3 is 3.11 bits per heavy atom. The van der Waals surface area contributed by atoms with Crippen molar-refractivity contribution in [3.63, 3.8) is 0 Å². The first-order chi connectivity index (χ1) is 9.22. The highest BCUT2D eigenvalue weighted by molar-refractivity contribution is 5.94. The number of aliphatic hydroxyl groups is 1. The van der Waals surface area contributed by atoms with Gasteiger partial charge in [-0.15, -0.1) is 0 Å². The van der Waals surface area contributed by atoms with Crippen LogP contribution in [0.25, 0.3) is 0 Å². The van der Waals surface area contributed by atoms with Gasteiger partial charge in [0.15, 0.2) is 0 Å². The maximum absolute atomic E-state index is 11.8. The lowest BCUT2D eigenvalue weighted by atomic mass is 10.1.